The van der Waals surface area contributed by atoms with Gasteiger partial charge in [-0.15, -0.1) is 0 Å². The van der Waals surface area contributed by atoms with Crippen molar-refractivity contribution >= 4 is 11.9 Å². The van der Waals surface area contributed by atoms with Gasteiger partial charge in [0.15, 0.2) is 0 Å². The van der Waals surface area contributed by atoms with Crippen LogP contribution in [0.2, 0.25) is 0 Å². The van der Waals surface area contributed by atoms with E-state index in [4.69, 9.17) is 4.74 Å². The monoisotopic (exact) mass is 307 g/mol. The molecule has 5 heteroatoms. The molecule has 1 amide bonds. The predicted octanol–water partition coefficient (Wildman–Crippen LogP) is 2.94. The number of hydrogen-bond acceptors (Lipinski definition) is 3. The summed E-state index contributed by atoms with van der Waals surface area (Å²) in [6.07, 6.45) is 1.10. The van der Waals surface area contributed by atoms with Gasteiger partial charge in [-0.1, -0.05) is 32.4 Å². The molecule has 1 aromatic rings. The fraction of sp³-hybridized carbons (Fsp3) is 0.529. The van der Waals surface area contributed by atoms with Gasteiger partial charge in [0.25, 0.3) is 0 Å². The molecular formula is C17H25NO4. The van der Waals surface area contributed by atoms with E-state index < -0.39 is 11.5 Å². The van der Waals surface area contributed by atoms with Crippen LogP contribution >= 0.6 is 0 Å². The van der Waals surface area contributed by atoms with Crippen molar-refractivity contribution in [2.45, 2.75) is 45.6 Å². The van der Waals surface area contributed by atoms with E-state index in [1.807, 2.05) is 13.8 Å². The molecule has 0 heterocycles. The molecule has 5 nitrogen and oxygen atoms in total. The molecule has 122 valence electrons. The summed E-state index contributed by atoms with van der Waals surface area (Å²) in [5.41, 5.74) is -0.253. The first-order valence-electron chi connectivity index (χ1n) is 7.48. The number of hydrogen-bond donors (Lipinski definition) is 2. The van der Waals surface area contributed by atoms with Gasteiger partial charge in [0.05, 0.1) is 19.1 Å². The second kappa shape index (κ2) is 7.82. The fourth-order valence-electron chi connectivity index (χ4n) is 2.31. The van der Waals surface area contributed by atoms with Crippen molar-refractivity contribution in [3.8, 4) is 5.75 Å². The highest BCUT2D eigenvalue weighted by Crippen LogP contribution is 2.28. The molecule has 0 aromatic heterocycles. The summed E-state index contributed by atoms with van der Waals surface area (Å²) in [6, 6.07) is 7.13. The molecule has 2 unspecified atom stereocenters. The standard InChI is InChI=1S/C17H25NO4/c1-5-12(2)9-15(19)18-17(3,11-16(20)21)13-7-6-8-14(10-13)22-4/h6-8,10,12H,5,9,11H2,1-4H3,(H,18,19)(H,20,21). The van der Waals surface area contributed by atoms with Crippen LogP contribution in [-0.2, 0) is 15.1 Å². The van der Waals surface area contributed by atoms with Crippen LogP contribution in [0.15, 0.2) is 24.3 Å². The molecule has 0 fully saturated rings. The Morgan fingerprint density at radius 3 is 2.64 bits per heavy atom. The summed E-state index contributed by atoms with van der Waals surface area (Å²) in [6.45, 7) is 5.75. The van der Waals surface area contributed by atoms with Crippen molar-refractivity contribution in [1.29, 1.82) is 0 Å². The van der Waals surface area contributed by atoms with E-state index in [1.165, 1.54) is 0 Å². The number of aliphatic carboxylic acids is 1. The van der Waals surface area contributed by atoms with Gasteiger partial charge in [0.1, 0.15) is 5.75 Å². The number of carbonyl (C=O) groups excluding carboxylic acids is 1. The molecule has 0 aliphatic heterocycles. The molecule has 0 aliphatic carbocycles. The molecule has 0 saturated carbocycles. The molecule has 1 aromatic carbocycles. The Bertz CT molecular complexity index is 529. The van der Waals surface area contributed by atoms with Crippen molar-refractivity contribution in [1.82, 2.24) is 5.32 Å². The summed E-state index contributed by atoms with van der Waals surface area (Å²) in [7, 11) is 1.55. The first-order valence-corrected chi connectivity index (χ1v) is 7.48. The van der Waals surface area contributed by atoms with Gasteiger partial charge in [-0.05, 0) is 30.5 Å². The van der Waals surface area contributed by atoms with Gasteiger partial charge in [0.2, 0.25) is 5.91 Å². The third-order valence-corrected chi connectivity index (χ3v) is 3.86. The van der Waals surface area contributed by atoms with Crippen molar-refractivity contribution in [2.24, 2.45) is 5.92 Å². The number of rotatable bonds is 8. The van der Waals surface area contributed by atoms with E-state index in [1.54, 1.807) is 38.3 Å². The van der Waals surface area contributed by atoms with Gasteiger partial charge in [-0.25, -0.2) is 0 Å². The van der Waals surface area contributed by atoms with Crippen LogP contribution < -0.4 is 10.1 Å². The third-order valence-electron chi connectivity index (χ3n) is 3.86. The first-order chi connectivity index (χ1) is 10.3. The quantitative estimate of drug-likeness (QED) is 0.774. The largest absolute Gasteiger partial charge is 0.497 e. The van der Waals surface area contributed by atoms with E-state index in [0.29, 0.717) is 17.7 Å². The topological polar surface area (TPSA) is 75.6 Å². The van der Waals surface area contributed by atoms with Crippen molar-refractivity contribution in [3.05, 3.63) is 29.8 Å². The molecule has 0 radical (unpaired) electrons. The van der Waals surface area contributed by atoms with Crippen LogP contribution in [0.4, 0.5) is 0 Å². The molecular weight excluding hydrogens is 282 g/mol. The SMILES string of the molecule is CCC(C)CC(=O)NC(C)(CC(=O)O)c1cccc(OC)c1. The first kappa shape index (κ1) is 18.0. The van der Waals surface area contributed by atoms with Gasteiger partial charge in [0, 0.05) is 6.42 Å². The van der Waals surface area contributed by atoms with Crippen LogP contribution in [0.25, 0.3) is 0 Å². The zero-order valence-corrected chi connectivity index (χ0v) is 13.7. The smallest absolute Gasteiger partial charge is 0.306 e. The Hall–Kier alpha value is -2.04. The summed E-state index contributed by atoms with van der Waals surface area (Å²) in [4.78, 5) is 23.4. The maximum absolute atomic E-state index is 12.2. The minimum absolute atomic E-state index is 0.138. The Kier molecular flexibility index (Phi) is 6.40. The Labute approximate surface area is 131 Å². The summed E-state index contributed by atoms with van der Waals surface area (Å²) in [5.74, 6) is -0.209. The van der Waals surface area contributed by atoms with Gasteiger partial charge < -0.3 is 15.2 Å². The Morgan fingerprint density at radius 1 is 1.41 bits per heavy atom. The van der Waals surface area contributed by atoms with Crippen molar-refractivity contribution in [3.63, 3.8) is 0 Å². The lowest BCUT2D eigenvalue weighted by Crippen LogP contribution is -2.45. The third kappa shape index (κ3) is 5.06. The van der Waals surface area contributed by atoms with E-state index >= 15 is 0 Å². The molecule has 2 atom stereocenters. The minimum Gasteiger partial charge on any atom is -0.497 e. The molecule has 0 aliphatic rings. The maximum Gasteiger partial charge on any atom is 0.306 e. The van der Waals surface area contributed by atoms with E-state index in [9.17, 15) is 14.7 Å². The lowest BCUT2D eigenvalue weighted by Gasteiger charge is -2.30. The van der Waals surface area contributed by atoms with Crippen LogP contribution in [0.5, 0.6) is 5.75 Å². The van der Waals surface area contributed by atoms with E-state index in [0.717, 1.165) is 6.42 Å². The van der Waals surface area contributed by atoms with Crippen LogP contribution in [0.3, 0.4) is 0 Å². The van der Waals surface area contributed by atoms with Gasteiger partial charge in [-0.2, -0.15) is 0 Å². The van der Waals surface area contributed by atoms with E-state index in [-0.39, 0.29) is 18.2 Å². The number of benzene rings is 1. The number of methoxy groups -OCH3 is 1. The fourth-order valence-corrected chi connectivity index (χ4v) is 2.31. The minimum atomic E-state index is -0.967. The van der Waals surface area contributed by atoms with Crippen molar-refractivity contribution in [2.75, 3.05) is 7.11 Å². The zero-order valence-electron chi connectivity index (χ0n) is 13.7. The second-order valence-corrected chi connectivity index (χ2v) is 5.90. The highest BCUT2D eigenvalue weighted by molar-refractivity contribution is 5.79. The number of amides is 1. The molecule has 0 saturated heterocycles. The number of ether oxygens (including phenoxy) is 1. The van der Waals surface area contributed by atoms with Gasteiger partial charge in [-0.3, -0.25) is 9.59 Å². The summed E-state index contributed by atoms with van der Waals surface area (Å²) in [5, 5.41) is 12.1. The normalized spacial score (nSPS) is 14.7. The molecule has 1 rings (SSSR count). The lowest BCUT2D eigenvalue weighted by atomic mass is 9.87. The maximum atomic E-state index is 12.2. The molecule has 0 bridgehead atoms. The average molecular weight is 307 g/mol. The average Bonchev–Trinajstić information content (AvgIpc) is 2.46. The molecule has 0 spiro atoms. The molecule has 22 heavy (non-hydrogen) atoms. The van der Waals surface area contributed by atoms with Crippen LogP contribution in [-0.4, -0.2) is 24.1 Å². The highest BCUT2D eigenvalue weighted by Gasteiger charge is 2.32. The summed E-state index contributed by atoms with van der Waals surface area (Å²) < 4.78 is 5.18. The highest BCUT2D eigenvalue weighted by atomic mass is 16.5. The number of carboxylic acid groups (broad SMARTS) is 1. The van der Waals surface area contributed by atoms with Crippen molar-refractivity contribution < 1.29 is 19.4 Å². The predicted molar refractivity (Wildman–Crippen MR) is 84.8 cm³/mol. The Morgan fingerprint density at radius 2 is 2.09 bits per heavy atom. The Balaban J connectivity index is 3.03. The number of nitrogens with one attached hydrogen (secondary N) is 1. The lowest BCUT2D eigenvalue weighted by molar-refractivity contribution is -0.139. The summed E-state index contributed by atoms with van der Waals surface area (Å²) >= 11 is 0. The molecule has 2 N–H and O–H groups in total. The van der Waals surface area contributed by atoms with Crippen LogP contribution in [0, 0.1) is 5.92 Å². The van der Waals surface area contributed by atoms with Gasteiger partial charge >= 0.3 is 5.97 Å². The number of carbonyl (C=O) groups is 2. The van der Waals surface area contributed by atoms with E-state index in [2.05, 4.69) is 5.32 Å². The number of carboxylic acids is 1. The zero-order chi connectivity index (χ0) is 16.8. The second-order valence-electron chi connectivity index (χ2n) is 5.90. The van der Waals surface area contributed by atoms with Crippen LogP contribution in [0.1, 0.15) is 45.6 Å².